The molecule has 7 nitrogen and oxygen atoms in total. The number of hydrogen-bond acceptors (Lipinski definition) is 7. The molecule has 0 bridgehead atoms. The Morgan fingerprint density at radius 2 is 1.79 bits per heavy atom. The van der Waals surface area contributed by atoms with Gasteiger partial charge in [-0.1, -0.05) is 23.7 Å². The molecule has 2 aromatic rings. The highest BCUT2D eigenvalue weighted by Gasteiger charge is 2.56. The summed E-state index contributed by atoms with van der Waals surface area (Å²) in [5.41, 5.74) is 2.07. The highest BCUT2D eigenvalue weighted by atomic mass is 35.5. The van der Waals surface area contributed by atoms with Crippen LogP contribution in [0.15, 0.2) is 36.4 Å². The second-order valence-electron chi connectivity index (χ2n) is 9.11. The minimum Gasteiger partial charge on any atom is -0.471 e. The summed E-state index contributed by atoms with van der Waals surface area (Å²) >= 11 is 5.86. The zero-order valence-corrected chi connectivity index (χ0v) is 19.9. The summed E-state index contributed by atoms with van der Waals surface area (Å²) in [7, 11) is 4.01. The number of nitrogens with zero attached hydrogens (tertiary/aromatic N) is 2. The second-order valence-corrected chi connectivity index (χ2v) is 9.33. The lowest BCUT2D eigenvalue weighted by molar-refractivity contribution is -0.173. The summed E-state index contributed by atoms with van der Waals surface area (Å²) in [6.45, 7) is 3.87. The van der Waals surface area contributed by atoms with Gasteiger partial charge in [-0.15, -0.1) is 0 Å². The van der Waals surface area contributed by atoms with Crippen molar-refractivity contribution in [1.29, 1.82) is 0 Å². The van der Waals surface area contributed by atoms with Crippen LogP contribution in [0.2, 0.25) is 0 Å². The molecule has 0 aromatic heterocycles. The van der Waals surface area contributed by atoms with Crippen LogP contribution in [0.4, 0.5) is 5.69 Å². The lowest BCUT2D eigenvalue weighted by Crippen LogP contribution is -2.61. The molecular weight excluding hydrogens is 444 g/mol. The number of benzene rings is 2. The van der Waals surface area contributed by atoms with E-state index in [1.54, 1.807) is 0 Å². The number of esters is 1. The van der Waals surface area contributed by atoms with Crippen LogP contribution in [-0.2, 0) is 9.53 Å². The smallest absolute Gasteiger partial charge is 0.316 e. The van der Waals surface area contributed by atoms with E-state index >= 15 is 0 Å². The van der Waals surface area contributed by atoms with Gasteiger partial charge >= 0.3 is 5.97 Å². The third-order valence-electron chi connectivity index (χ3n) is 7.02. The molecule has 2 aromatic carbocycles. The Morgan fingerprint density at radius 1 is 1.12 bits per heavy atom. The Hall–Kier alpha value is -2.64. The Balaban J connectivity index is 1.69. The maximum atomic E-state index is 13.5. The normalized spacial score (nSPS) is 25.9. The van der Waals surface area contributed by atoms with E-state index in [2.05, 4.69) is 29.2 Å². The first-order chi connectivity index (χ1) is 15.9. The topological polar surface area (TPSA) is 60.5 Å². The number of carbonyl (C=O) groups excluding carboxylic acids is 1. The third kappa shape index (κ3) is 3.77. The minimum absolute atomic E-state index is 0.168. The maximum Gasteiger partial charge on any atom is 0.316 e. The number of anilines is 1. The van der Waals surface area contributed by atoms with E-state index in [4.69, 9.17) is 30.5 Å². The number of likely N-dealkylation sites (tertiary alicyclic amines) is 1. The van der Waals surface area contributed by atoms with Gasteiger partial charge in [0.15, 0.2) is 23.3 Å². The van der Waals surface area contributed by atoms with E-state index < -0.39 is 11.6 Å². The largest absolute Gasteiger partial charge is 0.471 e. The summed E-state index contributed by atoms with van der Waals surface area (Å²) in [5, 5.41) is 0. The van der Waals surface area contributed by atoms with E-state index in [9.17, 15) is 4.79 Å². The fourth-order valence-corrected chi connectivity index (χ4v) is 5.43. The molecule has 3 heterocycles. The van der Waals surface area contributed by atoms with Crippen molar-refractivity contribution >= 4 is 23.3 Å². The van der Waals surface area contributed by atoms with Crippen LogP contribution < -0.4 is 19.1 Å². The molecule has 8 heteroatoms. The third-order valence-corrected chi connectivity index (χ3v) is 7.13. The van der Waals surface area contributed by atoms with Crippen LogP contribution in [-0.4, -0.2) is 56.6 Å². The molecular formula is C25H29ClN2O5. The first-order valence-corrected chi connectivity index (χ1v) is 11.8. The molecule has 3 aliphatic heterocycles. The summed E-state index contributed by atoms with van der Waals surface area (Å²) in [4.78, 5) is 17.8. The fourth-order valence-electron chi connectivity index (χ4n) is 5.32. The van der Waals surface area contributed by atoms with Gasteiger partial charge in [-0.2, -0.15) is 0 Å². The van der Waals surface area contributed by atoms with Crippen LogP contribution in [0.3, 0.4) is 0 Å². The first kappa shape index (κ1) is 22.2. The van der Waals surface area contributed by atoms with Crippen LogP contribution in [0.25, 0.3) is 0 Å². The summed E-state index contributed by atoms with van der Waals surface area (Å²) in [5.74, 6) is 0.713. The quantitative estimate of drug-likeness (QED) is 0.478. The SMILES string of the molecule is CN(C)c1ccc(C2c3cc4c(cc3OC(C)(N3CCCC3)C2C(=O)OCCl)OCO4)cc1. The Labute approximate surface area is 199 Å². The zero-order chi connectivity index (χ0) is 23.2. The predicted octanol–water partition coefficient (Wildman–Crippen LogP) is 4.17. The molecule has 0 spiro atoms. The van der Waals surface area contributed by atoms with Crippen molar-refractivity contribution in [2.45, 2.75) is 31.4 Å². The Bertz CT molecular complexity index is 1040. The first-order valence-electron chi connectivity index (χ1n) is 11.3. The lowest BCUT2D eigenvalue weighted by Gasteiger charge is -2.49. The van der Waals surface area contributed by atoms with Gasteiger partial charge in [-0.3, -0.25) is 9.69 Å². The second kappa shape index (κ2) is 8.61. The summed E-state index contributed by atoms with van der Waals surface area (Å²) < 4.78 is 23.4. The molecule has 1 saturated heterocycles. The molecule has 0 N–H and O–H groups in total. The molecule has 3 atom stereocenters. The van der Waals surface area contributed by atoms with Gasteiger partial charge in [0.05, 0.1) is 0 Å². The van der Waals surface area contributed by atoms with Crippen molar-refractivity contribution < 1.29 is 23.7 Å². The number of hydrogen-bond donors (Lipinski definition) is 0. The molecule has 0 amide bonds. The standard InChI is InChI=1S/C25H29ClN2O5/c1-25(28-10-4-5-11-28)23(24(29)30-14-26)22(16-6-8-17(9-7-16)27(2)3)18-12-20-21(32-15-31-20)13-19(18)33-25/h6-9,12-13,22-23H,4-5,10-11,14-15H2,1-3H3. The summed E-state index contributed by atoms with van der Waals surface area (Å²) in [6.07, 6.45) is 2.12. The van der Waals surface area contributed by atoms with Crippen molar-refractivity contribution in [2.75, 3.05) is 44.9 Å². The Morgan fingerprint density at radius 3 is 2.42 bits per heavy atom. The highest BCUT2D eigenvalue weighted by Crippen LogP contribution is 2.53. The van der Waals surface area contributed by atoms with Gasteiger partial charge in [0.1, 0.15) is 11.7 Å². The van der Waals surface area contributed by atoms with Crippen molar-refractivity contribution in [3.63, 3.8) is 0 Å². The number of ether oxygens (including phenoxy) is 4. The van der Waals surface area contributed by atoms with E-state index in [-0.39, 0.29) is 24.7 Å². The number of carbonyl (C=O) groups is 1. The van der Waals surface area contributed by atoms with Crippen LogP contribution in [0, 0.1) is 5.92 Å². The average molecular weight is 473 g/mol. The lowest BCUT2D eigenvalue weighted by atomic mass is 9.72. The van der Waals surface area contributed by atoms with Gasteiger partial charge in [-0.05, 0) is 43.5 Å². The molecule has 0 saturated carbocycles. The van der Waals surface area contributed by atoms with E-state index in [1.165, 1.54) is 0 Å². The van der Waals surface area contributed by atoms with Crippen molar-refractivity contribution in [3.8, 4) is 17.2 Å². The molecule has 176 valence electrons. The van der Waals surface area contributed by atoms with Crippen LogP contribution in [0.5, 0.6) is 17.2 Å². The van der Waals surface area contributed by atoms with Gasteiger partial charge < -0.3 is 23.8 Å². The molecule has 1 fully saturated rings. The number of rotatable bonds is 5. The fraction of sp³-hybridized carbons (Fsp3) is 0.480. The number of alkyl halides is 1. The Kier molecular flexibility index (Phi) is 5.79. The maximum absolute atomic E-state index is 13.5. The number of fused-ring (bicyclic) bond motifs is 2. The van der Waals surface area contributed by atoms with Gasteiger partial charge in [-0.25, -0.2) is 0 Å². The molecule has 0 aliphatic carbocycles. The van der Waals surface area contributed by atoms with Gasteiger partial charge in [0.2, 0.25) is 6.79 Å². The molecule has 5 rings (SSSR count). The molecule has 0 radical (unpaired) electrons. The van der Waals surface area contributed by atoms with E-state index in [1.807, 2.05) is 38.1 Å². The molecule has 3 aliphatic rings. The van der Waals surface area contributed by atoms with Crippen molar-refractivity contribution in [3.05, 3.63) is 47.5 Å². The van der Waals surface area contributed by atoms with E-state index in [0.29, 0.717) is 17.2 Å². The summed E-state index contributed by atoms with van der Waals surface area (Å²) in [6, 6.07) is 11.9. The predicted molar refractivity (Wildman–Crippen MR) is 125 cm³/mol. The van der Waals surface area contributed by atoms with E-state index in [0.717, 1.165) is 42.7 Å². The van der Waals surface area contributed by atoms with Crippen LogP contribution in [0.1, 0.15) is 36.8 Å². The minimum atomic E-state index is -0.898. The van der Waals surface area contributed by atoms with Crippen molar-refractivity contribution in [1.82, 2.24) is 4.90 Å². The zero-order valence-electron chi connectivity index (χ0n) is 19.2. The van der Waals surface area contributed by atoms with Gasteiger partial charge in [0, 0.05) is 50.4 Å². The highest BCUT2D eigenvalue weighted by molar-refractivity contribution is 6.17. The van der Waals surface area contributed by atoms with Gasteiger partial charge in [0.25, 0.3) is 0 Å². The number of halogens is 1. The molecule has 33 heavy (non-hydrogen) atoms. The van der Waals surface area contributed by atoms with Crippen molar-refractivity contribution in [2.24, 2.45) is 5.92 Å². The van der Waals surface area contributed by atoms with Crippen LogP contribution >= 0.6 is 11.6 Å². The average Bonchev–Trinajstić information content (AvgIpc) is 3.49. The molecule has 3 unspecified atom stereocenters. The monoisotopic (exact) mass is 472 g/mol.